The number of carbonyl (C=O) groups is 2. The van der Waals surface area contributed by atoms with Gasteiger partial charge in [-0.3, -0.25) is 9.59 Å². The van der Waals surface area contributed by atoms with Crippen molar-refractivity contribution in [2.24, 2.45) is 5.92 Å². The Hall–Kier alpha value is -2.63. The fourth-order valence-electron chi connectivity index (χ4n) is 3.62. The lowest BCUT2D eigenvalue weighted by Crippen LogP contribution is -2.25. The third-order valence-corrected chi connectivity index (χ3v) is 5.41. The van der Waals surface area contributed by atoms with Gasteiger partial charge in [0, 0.05) is 17.5 Å². The van der Waals surface area contributed by atoms with Crippen LogP contribution in [0.2, 0.25) is 0 Å². The molecule has 3 N–H and O–H groups in total. The number of ketones is 1. The minimum Gasteiger partial charge on any atom is -0.383 e. The summed E-state index contributed by atoms with van der Waals surface area (Å²) in [5, 5.41) is 7.34. The number of amides is 1. The van der Waals surface area contributed by atoms with E-state index in [2.05, 4.69) is 10.4 Å². The summed E-state index contributed by atoms with van der Waals surface area (Å²) in [5.41, 5.74) is 9.02. The van der Waals surface area contributed by atoms with Gasteiger partial charge in [0.2, 0.25) is 0 Å². The van der Waals surface area contributed by atoms with E-state index in [1.54, 1.807) is 23.0 Å². The molecule has 0 aliphatic heterocycles. The normalized spacial score (nSPS) is 17.4. The lowest BCUT2D eigenvalue weighted by molar-refractivity contribution is 0.0921. The van der Waals surface area contributed by atoms with E-state index >= 15 is 0 Å². The van der Waals surface area contributed by atoms with E-state index in [9.17, 15) is 9.59 Å². The van der Waals surface area contributed by atoms with Gasteiger partial charge in [0.1, 0.15) is 5.82 Å². The van der Waals surface area contributed by atoms with Gasteiger partial charge in [0.05, 0.1) is 17.4 Å². The second-order valence-electron chi connectivity index (χ2n) is 7.45. The van der Waals surface area contributed by atoms with Crippen molar-refractivity contribution in [2.75, 3.05) is 5.73 Å². The molecule has 0 radical (unpaired) electrons. The molecule has 0 unspecified atom stereocenters. The fourth-order valence-corrected chi connectivity index (χ4v) is 3.62. The number of aromatic nitrogens is 2. The molecule has 0 atom stereocenters. The maximum Gasteiger partial charge on any atom is 0.251 e. The van der Waals surface area contributed by atoms with Crippen LogP contribution in [0.25, 0.3) is 5.69 Å². The zero-order chi connectivity index (χ0) is 18.3. The third kappa shape index (κ3) is 3.11. The predicted octanol–water partition coefficient (Wildman–Crippen LogP) is 3.03. The molecule has 1 heterocycles. The second-order valence-corrected chi connectivity index (χ2v) is 7.45. The van der Waals surface area contributed by atoms with Crippen molar-refractivity contribution < 1.29 is 9.59 Å². The van der Waals surface area contributed by atoms with Crippen molar-refractivity contribution in [2.45, 2.75) is 51.5 Å². The Morgan fingerprint density at radius 1 is 1.19 bits per heavy atom. The molecule has 1 aromatic heterocycles. The van der Waals surface area contributed by atoms with Crippen molar-refractivity contribution in [1.29, 1.82) is 0 Å². The highest BCUT2D eigenvalue weighted by Crippen LogP contribution is 2.31. The maximum absolute atomic E-state index is 12.7. The first-order chi connectivity index (χ1) is 12.5. The molecule has 6 heteroatoms. The van der Waals surface area contributed by atoms with Crippen LogP contribution in [0.3, 0.4) is 0 Å². The number of carbonyl (C=O) groups excluding carboxylic acids is 2. The van der Waals surface area contributed by atoms with Crippen LogP contribution in [0.15, 0.2) is 24.4 Å². The standard InChI is InChI=1S/C20H24N4O2/c1-12-6-7-14(20(26)23-15-8-9-15)10-17(12)24-19(21)16(11-22-24)18(25)13-4-2-3-5-13/h6-7,10-11,13,15H,2-5,8-9,21H2,1H3,(H,23,26). The van der Waals surface area contributed by atoms with E-state index < -0.39 is 0 Å². The number of anilines is 1. The summed E-state index contributed by atoms with van der Waals surface area (Å²) in [6, 6.07) is 5.79. The van der Waals surface area contributed by atoms with Crippen molar-refractivity contribution in [3.8, 4) is 5.69 Å². The summed E-state index contributed by atoms with van der Waals surface area (Å²) in [6.45, 7) is 1.94. The van der Waals surface area contributed by atoms with E-state index in [1.807, 2.05) is 13.0 Å². The Balaban J connectivity index is 1.64. The van der Waals surface area contributed by atoms with Gasteiger partial charge < -0.3 is 11.1 Å². The van der Waals surface area contributed by atoms with Gasteiger partial charge in [0.15, 0.2) is 5.78 Å². The molecular formula is C20H24N4O2. The Labute approximate surface area is 152 Å². The van der Waals surface area contributed by atoms with Crippen LogP contribution >= 0.6 is 0 Å². The number of Topliss-reactive ketones (excluding diaryl/α,β-unsaturated/α-hetero) is 1. The van der Waals surface area contributed by atoms with Gasteiger partial charge in [-0.25, -0.2) is 4.68 Å². The summed E-state index contributed by atoms with van der Waals surface area (Å²) in [4.78, 5) is 25.0. The van der Waals surface area contributed by atoms with Crippen LogP contribution in [0.1, 0.15) is 64.8 Å². The molecule has 4 rings (SSSR count). The smallest absolute Gasteiger partial charge is 0.251 e. The highest BCUT2D eigenvalue weighted by atomic mass is 16.1. The van der Waals surface area contributed by atoms with Crippen LogP contribution in [0, 0.1) is 12.8 Å². The summed E-state index contributed by atoms with van der Waals surface area (Å²) >= 11 is 0. The Morgan fingerprint density at radius 2 is 1.92 bits per heavy atom. The number of rotatable bonds is 5. The van der Waals surface area contributed by atoms with Gasteiger partial charge in [-0.15, -0.1) is 0 Å². The Kier molecular flexibility index (Phi) is 4.26. The molecule has 136 valence electrons. The quantitative estimate of drug-likeness (QED) is 0.809. The molecule has 1 amide bonds. The molecule has 2 saturated carbocycles. The lowest BCUT2D eigenvalue weighted by Gasteiger charge is -2.12. The summed E-state index contributed by atoms with van der Waals surface area (Å²) in [7, 11) is 0. The Morgan fingerprint density at radius 3 is 2.62 bits per heavy atom. The van der Waals surface area contributed by atoms with Crippen molar-refractivity contribution in [3.05, 3.63) is 41.1 Å². The highest BCUT2D eigenvalue weighted by Gasteiger charge is 2.28. The number of hydrogen-bond acceptors (Lipinski definition) is 4. The number of nitrogen functional groups attached to an aromatic ring is 1. The third-order valence-electron chi connectivity index (χ3n) is 5.41. The minimum absolute atomic E-state index is 0.0618. The van der Waals surface area contributed by atoms with E-state index in [0.717, 1.165) is 49.8 Å². The largest absolute Gasteiger partial charge is 0.383 e. The summed E-state index contributed by atoms with van der Waals surface area (Å²) in [6.07, 6.45) is 7.71. The number of nitrogens with two attached hydrogens (primary N) is 1. The molecule has 2 aliphatic carbocycles. The van der Waals surface area contributed by atoms with Crippen LogP contribution in [-0.4, -0.2) is 27.5 Å². The molecule has 1 aromatic carbocycles. The summed E-state index contributed by atoms with van der Waals surface area (Å²) < 4.78 is 1.57. The highest BCUT2D eigenvalue weighted by molar-refractivity contribution is 6.02. The number of hydrogen-bond donors (Lipinski definition) is 2. The Bertz CT molecular complexity index is 861. The number of nitrogens with zero attached hydrogens (tertiary/aromatic N) is 2. The first-order valence-electron chi connectivity index (χ1n) is 9.34. The van der Waals surface area contributed by atoms with Gasteiger partial charge in [-0.2, -0.15) is 5.10 Å². The van der Waals surface area contributed by atoms with Gasteiger partial charge in [0.25, 0.3) is 5.91 Å². The predicted molar refractivity (Wildman–Crippen MR) is 99.5 cm³/mol. The van der Waals surface area contributed by atoms with Gasteiger partial charge >= 0.3 is 0 Å². The number of nitrogens with one attached hydrogen (secondary N) is 1. The van der Waals surface area contributed by atoms with Crippen LogP contribution in [0.4, 0.5) is 5.82 Å². The van der Waals surface area contributed by atoms with Crippen LogP contribution < -0.4 is 11.1 Å². The SMILES string of the molecule is Cc1ccc(C(=O)NC2CC2)cc1-n1ncc(C(=O)C2CCCC2)c1N. The van der Waals surface area contributed by atoms with E-state index in [4.69, 9.17) is 5.73 Å². The molecule has 0 spiro atoms. The zero-order valence-electron chi connectivity index (χ0n) is 15.0. The lowest BCUT2D eigenvalue weighted by atomic mass is 9.98. The number of benzene rings is 1. The minimum atomic E-state index is -0.0817. The fraction of sp³-hybridized carbons (Fsp3) is 0.450. The first-order valence-corrected chi connectivity index (χ1v) is 9.34. The zero-order valence-corrected chi connectivity index (χ0v) is 15.0. The van der Waals surface area contributed by atoms with E-state index in [0.29, 0.717) is 23.0 Å². The second kappa shape index (κ2) is 6.59. The van der Waals surface area contributed by atoms with Crippen molar-refractivity contribution in [1.82, 2.24) is 15.1 Å². The monoisotopic (exact) mass is 352 g/mol. The topological polar surface area (TPSA) is 90.0 Å². The average molecular weight is 352 g/mol. The molecule has 26 heavy (non-hydrogen) atoms. The van der Waals surface area contributed by atoms with Crippen molar-refractivity contribution >= 4 is 17.5 Å². The van der Waals surface area contributed by atoms with Crippen LogP contribution in [0.5, 0.6) is 0 Å². The summed E-state index contributed by atoms with van der Waals surface area (Å²) in [5.74, 6) is 0.421. The molecule has 0 bridgehead atoms. The van der Waals surface area contributed by atoms with E-state index in [-0.39, 0.29) is 17.6 Å². The number of aryl methyl sites for hydroxylation is 1. The molecule has 0 saturated heterocycles. The van der Waals surface area contributed by atoms with Gasteiger partial charge in [-0.1, -0.05) is 18.9 Å². The molecular weight excluding hydrogens is 328 g/mol. The molecule has 2 fully saturated rings. The maximum atomic E-state index is 12.7. The van der Waals surface area contributed by atoms with Gasteiger partial charge in [-0.05, 0) is 50.3 Å². The van der Waals surface area contributed by atoms with E-state index in [1.165, 1.54) is 0 Å². The molecule has 2 aliphatic rings. The average Bonchev–Trinajstić information content (AvgIpc) is 3.12. The molecule has 6 nitrogen and oxygen atoms in total. The van der Waals surface area contributed by atoms with Crippen molar-refractivity contribution in [3.63, 3.8) is 0 Å². The van der Waals surface area contributed by atoms with Crippen LogP contribution in [-0.2, 0) is 0 Å². The first kappa shape index (κ1) is 16.8. The molecule has 2 aromatic rings.